The van der Waals surface area contributed by atoms with Crippen molar-refractivity contribution in [3.8, 4) is 33.6 Å². The number of likely N-dealkylation sites (tertiary alicyclic amines) is 1. The van der Waals surface area contributed by atoms with E-state index in [0.29, 0.717) is 24.2 Å². The van der Waals surface area contributed by atoms with Gasteiger partial charge >= 0.3 is 0 Å². The molecule has 2 aromatic heterocycles. The van der Waals surface area contributed by atoms with Crippen LogP contribution < -0.4 is 0 Å². The maximum absolute atomic E-state index is 12.8. The SMILES string of the molecule is CC(C)CC(=O)N1CC2CC2C1c1ncc(-c2ccc(-c3ccc(-c4cnc[nH]4)cc3)cc2)[nH]1. The Morgan fingerprint density at radius 2 is 1.62 bits per heavy atom. The van der Waals surface area contributed by atoms with Crippen molar-refractivity contribution in [3.63, 3.8) is 0 Å². The molecule has 2 N–H and O–H groups in total. The van der Waals surface area contributed by atoms with E-state index in [0.717, 1.165) is 34.9 Å². The highest BCUT2D eigenvalue weighted by molar-refractivity contribution is 5.77. The van der Waals surface area contributed by atoms with Crippen molar-refractivity contribution in [2.75, 3.05) is 6.54 Å². The molecule has 6 heteroatoms. The van der Waals surface area contributed by atoms with Crippen LogP contribution in [0.5, 0.6) is 0 Å². The minimum atomic E-state index is 0.0951. The summed E-state index contributed by atoms with van der Waals surface area (Å²) in [6.45, 7) is 5.09. The van der Waals surface area contributed by atoms with E-state index >= 15 is 0 Å². The van der Waals surface area contributed by atoms with E-state index in [1.165, 1.54) is 17.5 Å². The topological polar surface area (TPSA) is 77.7 Å². The number of rotatable bonds is 6. The number of H-pyrrole nitrogens is 2. The molecule has 6 rings (SSSR count). The molecular weight excluding hydrogens is 422 g/mol. The van der Waals surface area contributed by atoms with Crippen LogP contribution in [0.4, 0.5) is 0 Å². The molecule has 0 bridgehead atoms. The Morgan fingerprint density at radius 1 is 0.971 bits per heavy atom. The van der Waals surface area contributed by atoms with Gasteiger partial charge in [0.25, 0.3) is 0 Å². The molecule has 1 aliphatic carbocycles. The van der Waals surface area contributed by atoms with Crippen LogP contribution in [0.3, 0.4) is 0 Å². The Hall–Kier alpha value is -3.67. The fourth-order valence-electron chi connectivity index (χ4n) is 5.27. The molecule has 34 heavy (non-hydrogen) atoms. The number of fused-ring (bicyclic) bond motifs is 1. The summed E-state index contributed by atoms with van der Waals surface area (Å²) in [6.07, 6.45) is 7.24. The van der Waals surface area contributed by atoms with Crippen LogP contribution in [-0.4, -0.2) is 37.3 Å². The summed E-state index contributed by atoms with van der Waals surface area (Å²) in [5, 5.41) is 0. The highest BCUT2D eigenvalue weighted by atomic mass is 16.2. The van der Waals surface area contributed by atoms with Gasteiger partial charge in [0.15, 0.2) is 0 Å². The van der Waals surface area contributed by atoms with Gasteiger partial charge in [-0.05, 0) is 46.4 Å². The number of aromatic nitrogens is 4. The minimum Gasteiger partial charge on any atom is -0.345 e. The average molecular weight is 452 g/mol. The van der Waals surface area contributed by atoms with Gasteiger partial charge in [-0.15, -0.1) is 0 Å². The summed E-state index contributed by atoms with van der Waals surface area (Å²) in [4.78, 5) is 30.4. The summed E-state index contributed by atoms with van der Waals surface area (Å²) in [5.74, 6) is 2.76. The number of nitrogens with zero attached hydrogens (tertiary/aromatic N) is 3. The quantitative estimate of drug-likeness (QED) is 0.395. The molecule has 1 amide bonds. The van der Waals surface area contributed by atoms with Gasteiger partial charge in [0.2, 0.25) is 5.91 Å². The number of nitrogens with one attached hydrogen (secondary N) is 2. The van der Waals surface area contributed by atoms with Crippen LogP contribution in [0.15, 0.2) is 67.3 Å². The highest BCUT2D eigenvalue weighted by Crippen LogP contribution is 2.56. The van der Waals surface area contributed by atoms with Gasteiger partial charge in [0.1, 0.15) is 5.82 Å². The summed E-state index contributed by atoms with van der Waals surface area (Å²) in [6, 6.07) is 17.1. The van der Waals surface area contributed by atoms with Gasteiger partial charge in [-0.1, -0.05) is 62.4 Å². The molecule has 6 nitrogen and oxygen atoms in total. The lowest BCUT2D eigenvalue weighted by Gasteiger charge is -2.27. The lowest BCUT2D eigenvalue weighted by molar-refractivity contribution is -0.133. The summed E-state index contributed by atoms with van der Waals surface area (Å²) in [7, 11) is 0. The summed E-state index contributed by atoms with van der Waals surface area (Å²) in [5.41, 5.74) is 6.57. The number of aromatic amines is 2. The molecule has 1 saturated heterocycles. The molecule has 4 aromatic rings. The number of hydrogen-bond acceptors (Lipinski definition) is 3. The molecule has 0 spiro atoms. The van der Waals surface area contributed by atoms with Crippen molar-refractivity contribution in [1.82, 2.24) is 24.8 Å². The fraction of sp³-hybridized carbons (Fsp3) is 0.321. The van der Waals surface area contributed by atoms with Crippen LogP contribution in [-0.2, 0) is 4.79 Å². The van der Waals surface area contributed by atoms with E-state index in [9.17, 15) is 4.79 Å². The minimum absolute atomic E-state index is 0.0951. The Kier molecular flexibility index (Phi) is 5.09. The monoisotopic (exact) mass is 451 g/mol. The number of amides is 1. The molecule has 0 radical (unpaired) electrons. The van der Waals surface area contributed by atoms with Gasteiger partial charge in [-0.25, -0.2) is 9.97 Å². The maximum atomic E-state index is 12.8. The van der Waals surface area contributed by atoms with Gasteiger partial charge in [-0.3, -0.25) is 4.79 Å². The molecule has 2 fully saturated rings. The normalized spacial score (nSPS) is 21.1. The Bertz CT molecular complexity index is 1290. The van der Waals surface area contributed by atoms with E-state index in [1.54, 1.807) is 6.33 Å². The molecular formula is C28H29N5O. The predicted octanol–water partition coefficient (Wildman–Crippen LogP) is 5.70. The van der Waals surface area contributed by atoms with E-state index in [2.05, 4.69) is 82.2 Å². The van der Waals surface area contributed by atoms with Gasteiger partial charge in [0, 0.05) is 13.0 Å². The second kappa shape index (κ2) is 8.28. The zero-order valence-corrected chi connectivity index (χ0v) is 19.5. The zero-order chi connectivity index (χ0) is 23.2. The number of carbonyl (C=O) groups is 1. The standard InChI is InChI=1S/C28H29N5O/c1-17(2)11-26(34)33-15-22-12-23(22)27(33)28-30-14-25(32-28)21-9-5-19(6-10-21)18-3-7-20(8-4-18)24-13-29-16-31-24/h3-10,13-14,16-17,22-23,27H,11-12,15H2,1-2H3,(H,29,31)(H,30,32). The van der Waals surface area contributed by atoms with E-state index in [1.807, 2.05) is 12.4 Å². The number of carbonyl (C=O) groups excluding carboxylic acids is 1. The molecule has 3 heterocycles. The fourth-order valence-corrected chi connectivity index (χ4v) is 5.27. The first-order valence-corrected chi connectivity index (χ1v) is 12.1. The third-order valence-electron chi connectivity index (χ3n) is 7.15. The smallest absolute Gasteiger partial charge is 0.223 e. The Morgan fingerprint density at radius 3 is 2.24 bits per heavy atom. The van der Waals surface area contributed by atoms with Crippen molar-refractivity contribution in [1.29, 1.82) is 0 Å². The van der Waals surface area contributed by atoms with Crippen LogP contribution >= 0.6 is 0 Å². The molecule has 1 aliphatic heterocycles. The number of imidazole rings is 2. The first-order valence-electron chi connectivity index (χ1n) is 12.1. The van der Waals surface area contributed by atoms with E-state index < -0.39 is 0 Å². The highest BCUT2D eigenvalue weighted by Gasteiger charge is 2.55. The van der Waals surface area contributed by atoms with Crippen LogP contribution in [0.1, 0.15) is 38.6 Å². The maximum Gasteiger partial charge on any atom is 0.223 e. The second-order valence-corrected chi connectivity index (χ2v) is 10.1. The van der Waals surface area contributed by atoms with Gasteiger partial charge in [-0.2, -0.15) is 0 Å². The largest absolute Gasteiger partial charge is 0.345 e. The molecule has 172 valence electrons. The lowest BCUT2D eigenvalue weighted by Crippen LogP contribution is -2.34. The van der Waals surface area contributed by atoms with Crippen molar-refractivity contribution in [3.05, 3.63) is 73.1 Å². The van der Waals surface area contributed by atoms with Gasteiger partial charge < -0.3 is 14.9 Å². The zero-order valence-electron chi connectivity index (χ0n) is 19.5. The molecule has 3 unspecified atom stereocenters. The third-order valence-corrected chi connectivity index (χ3v) is 7.15. The van der Waals surface area contributed by atoms with Gasteiger partial charge in [0.05, 0.1) is 36.2 Å². The molecule has 2 aromatic carbocycles. The first kappa shape index (κ1) is 20.9. The van der Waals surface area contributed by atoms with Crippen molar-refractivity contribution in [2.45, 2.75) is 32.7 Å². The molecule has 2 aliphatic rings. The third kappa shape index (κ3) is 3.83. The summed E-state index contributed by atoms with van der Waals surface area (Å²) < 4.78 is 0. The Balaban J connectivity index is 1.19. The van der Waals surface area contributed by atoms with Crippen molar-refractivity contribution in [2.24, 2.45) is 17.8 Å². The van der Waals surface area contributed by atoms with Crippen LogP contribution in [0, 0.1) is 17.8 Å². The van der Waals surface area contributed by atoms with Crippen molar-refractivity contribution >= 4 is 5.91 Å². The number of hydrogen-bond donors (Lipinski definition) is 2. The molecule has 1 saturated carbocycles. The number of piperidine rings is 1. The average Bonchev–Trinajstić information content (AvgIpc) is 3.27. The van der Waals surface area contributed by atoms with Crippen LogP contribution in [0.2, 0.25) is 0 Å². The summed E-state index contributed by atoms with van der Waals surface area (Å²) >= 11 is 0. The van der Waals surface area contributed by atoms with Crippen molar-refractivity contribution < 1.29 is 4.79 Å². The lowest BCUT2D eigenvalue weighted by atomic mass is 10.0. The predicted molar refractivity (Wildman–Crippen MR) is 133 cm³/mol. The Labute approximate surface area is 199 Å². The number of benzene rings is 2. The molecule has 3 atom stereocenters. The van der Waals surface area contributed by atoms with E-state index in [-0.39, 0.29) is 11.9 Å². The second-order valence-electron chi connectivity index (χ2n) is 10.1. The van der Waals surface area contributed by atoms with E-state index in [4.69, 9.17) is 4.98 Å². The van der Waals surface area contributed by atoms with Crippen LogP contribution in [0.25, 0.3) is 33.6 Å². The first-order chi connectivity index (χ1) is 16.6.